The molecule has 0 unspecified atom stereocenters. The van der Waals surface area contributed by atoms with Gasteiger partial charge in [-0.1, -0.05) is 13.8 Å². The van der Waals surface area contributed by atoms with Gasteiger partial charge < -0.3 is 10.2 Å². The van der Waals surface area contributed by atoms with Crippen molar-refractivity contribution in [3.05, 3.63) is 18.1 Å². The molecular weight excluding hydrogens is 230 g/mol. The van der Waals surface area contributed by atoms with E-state index in [1.165, 1.54) is 12.4 Å². The molecule has 1 rings (SSSR count). The molecule has 1 aromatic rings. The highest BCUT2D eigenvalue weighted by molar-refractivity contribution is 5.80. The summed E-state index contributed by atoms with van der Waals surface area (Å²) in [5, 5.41) is 11.4. The molecule has 1 heterocycles. The van der Waals surface area contributed by atoms with Crippen LogP contribution in [-0.2, 0) is 4.79 Å². The summed E-state index contributed by atoms with van der Waals surface area (Å²) in [4.78, 5) is 21.2. The summed E-state index contributed by atoms with van der Waals surface area (Å²) in [6.45, 7) is 4.95. The van der Waals surface area contributed by atoms with Crippen molar-refractivity contribution in [2.45, 2.75) is 13.8 Å². The van der Waals surface area contributed by atoms with Crippen LogP contribution in [0, 0.1) is 17.2 Å². The molecule has 18 heavy (non-hydrogen) atoms. The Labute approximate surface area is 107 Å². The second kappa shape index (κ2) is 6.55. The van der Waals surface area contributed by atoms with Gasteiger partial charge in [0.1, 0.15) is 11.9 Å². The van der Waals surface area contributed by atoms with E-state index < -0.39 is 0 Å². The summed E-state index contributed by atoms with van der Waals surface area (Å²) in [6, 6.07) is 1.90. The van der Waals surface area contributed by atoms with E-state index in [2.05, 4.69) is 15.3 Å². The standard InChI is InChI=1S/C12H17N5O/c1-9(2)5-16-12(18)8-17(3)11-7-14-10(4-13)6-15-11/h6-7,9H,5,8H2,1-3H3,(H,16,18). The Morgan fingerprint density at radius 1 is 1.50 bits per heavy atom. The van der Waals surface area contributed by atoms with Gasteiger partial charge in [-0.25, -0.2) is 9.97 Å². The minimum atomic E-state index is -0.0580. The Bertz CT molecular complexity index is 435. The maximum Gasteiger partial charge on any atom is 0.239 e. The lowest BCUT2D eigenvalue weighted by Crippen LogP contribution is -2.37. The van der Waals surface area contributed by atoms with Gasteiger partial charge in [-0.3, -0.25) is 4.79 Å². The quantitative estimate of drug-likeness (QED) is 0.822. The van der Waals surface area contributed by atoms with Crippen molar-refractivity contribution in [2.75, 3.05) is 25.0 Å². The lowest BCUT2D eigenvalue weighted by atomic mass is 10.2. The van der Waals surface area contributed by atoms with Crippen LogP contribution in [0.25, 0.3) is 0 Å². The smallest absolute Gasteiger partial charge is 0.239 e. The van der Waals surface area contributed by atoms with E-state index in [1.54, 1.807) is 11.9 Å². The first kappa shape index (κ1) is 13.9. The van der Waals surface area contributed by atoms with Gasteiger partial charge in [-0.2, -0.15) is 5.26 Å². The van der Waals surface area contributed by atoms with E-state index in [4.69, 9.17) is 5.26 Å². The maximum atomic E-state index is 11.6. The van der Waals surface area contributed by atoms with Crippen molar-refractivity contribution >= 4 is 11.7 Å². The summed E-state index contributed by atoms with van der Waals surface area (Å²) in [7, 11) is 1.75. The number of carbonyl (C=O) groups is 1. The van der Waals surface area contributed by atoms with Crippen LogP contribution >= 0.6 is 0 Å². The first-order chi connectivity index (χ1) is 8.52. The second-order valence-electron chi connectivity index (χ2n) is 4.43. The molecule has 1 aromatic heterocycles. The van der Waals surface area contributed by atoms with E-state index in [9.17, 15) is 4.79 Å². The number of hydrogen-bond acceptors (Lipinski definition) is 5. The maximum absolute atomic E-state index is 11.6. The van der Waals surface area contributed by atoms with Gasteiger partial charge >= 0.3 is 0 Å². The molecule has 0 spiro atoms. The van der Waals surface area contributed by atoms with Crippen LogP contribution in [-0.4, -0.2) is 36.0 Å². The topological polar surface area (TPSA) is 81.9 Å². The van der Waals surface area contributed by atoms with Crippen LogP contribution in [0.3, 0.4) is 0 Å². The van der Waals surface area contributed by atoms with Crippen molar-refractivity contribution in [1.29, 1.82) is 5.26 Å². The molecule has 0 saturated heterocycles. The highest BCUT2D eigenvalue weighted by Crippen LogP contribution is 2.05. The fraction of sp³-hybridized carbons (Fsp3) is 0.500. The van der Waals surface area contributed by atoms with Gasteiger partial charge in [0.15, 0.2) is 5.69 Å². The zero-order chi connectivity index (χ0) is 13.5. The Kier molecular flexibility index (Phi) is 5.06. The third kappa shape index (κ3) is 4.37. The van der Waals surface area contributed by atoms with Crippen LogP contribution in [0.1, 0.15) is 19.5 Å². The molecule has 6 nitrogen and oxygen atoms in total. The van der Waals surface area contributed by atoms with Crippen LogP contribution in [0.2, 0.25) is 0 Å². The molecule has 0 aliphatic rings. The Morgan fingerprint density at radius 3 is 2.72 bits per heavy atom. The summed E-state index contributed by atoms with van der Waals surface area (Å²) in [6.07, 6.45) is 2.87. The molecule has 0 aliphatic heterocycles. The third-order valence-electron chi connectivity index (χ3n) is 2.23. The Balaban J connectivity index is 2.51. The molecule has 0 saturated carbocycles. The molecular formula is C12H17N5O. The highest BCUT2D eigenvalue weighted by Gasteiger charge is 2.09. The number of aromatic nitrogens is 2. The SMILES string of the molecule is CC(C)CNC(=O)CN(C)c1cnc(C#N)cn1. The number of hydrogen-bond donors (Lipinski definition) is 1. The molecule has 1 amide bonds. The molecule has 6 heteroatoms. The fourth-order valence-corrected chi connectivity index (χ4v) is 1.25. The first-order valence-electron chi connectivity index (χ1n) is 5.73. The van der Waals surface area contributed by atoms with Gasteiger partial charge in [-0.15, -0.1) is 0 Å². The Hall–Kier alpha value is -2.16. The van der Waals surface area contributed by atoms with Gasteiger partial charge in [0.05, 0.1) is 18.9 Å². The average molecular weight is 247 g/mol. The Morgan fingerprint density at radius 2 is 2.22 bits per heavy atom. The summed E-state index contributed by atoms with van der Waals surface area (Å²) >= 11 is 0. The van der Waals surface area contributed by atoms with E-state index >= 15 is 0 Å². The third-order valence-corrected chi connectivity index (χ3v) is 2.23. The normalized spacial score (nSPS) is 9.94. The molecule has 96 valence electrons. The van der Waals surface area contributed by atoms with Crippen molar-refractivity contribution in [3.8, 4) is 6.07 Å². The first-order valence-corrected chi connectivity index (χ1v) is 5.73. The van der Waals surface area contributed by atoms with E-state index in [-0.39, 0.29) is 18.1 Å². The van der Waals surface area contributed by atoms with Crippen LogP contribution in [0.5, 0.6) is 0 Å². The summed E-state index contributed by atoms with van der Waals surface area (Å²) in [5.74, 6) is 0.931. The number of nitrogens with one attached hydrogen (secondary N) is 1. The molecule has 0 atom stereocenters. The summed E-state index contributed by atoms with van der Waals surface area (Å²) < 4.78 is 0. The molecule has 1 N–H and O–H groups in total. The minimum absolute atomic E-state index is 0.0580. The second-order valence-corrected chi connectivity index (χ2v) is 4.43. The molecule has 0 bridgehead atoms. The molecule has 0 radical (unpaired) electrons. The number of carbonyl (C=O) groups excluding carboxylic acids is 1. The number of nitriles is 1. The lowest BCUT2D eigenvalue weighted by Gasteiger charge is -2.17. The number of nitrogens with zero attached hydrogens (tertiary/aromatic N) is 4. The molecule has 0 aromatic carbocycles. The van der Waals surface area contributed by atoms with Crippen molar-refractivity contribution < 1.29 is 4.79 Å². The van der Waals surface area contributed by atoms with Gasteiger partial charge in [0.2, 0.25) is 5.91 Å². The van der Waals surface area contributed by atoms with Crippen molar-refractivity contribution in [2.24, 2.45) is 5.92 Å². The molecule has 0 fully saturated rings. The number of likely N-dealkylation sites (N-methyl/N-ethyl adjacent to an activating group) is 1. The van der Waals surface area contributed by atoms with Crippen LogP contribution in [0.15, 0.2) is 12.4 Å². The summed E-state index contributed by atoms with van der Waals surface area (Å²) in [5.41, 5.74) is 0.261. The van der Waals surface area contributed by atoms with E-state index in [0.717, 1.165) is 0 Å². The number of amides is 1. The van der Waals surface area contributed by atoms with Crippen molar-refractivity contribution in [3.63, 3.8) is 0 Å². The van der Waals surface area contributed by atoms with Gasteiger partial charge in [-0.05, 0) is 5.92 Å². The monoisotopic (exact) mass is 247 g/mol. The number of rotatable bonds is 5. The predicted molar refractivity (Wildman–Crippen MR) is 67.9 cm³/mol. The highest BCUT2D eigenvalue weighted by atomic mass is 16.2. The number of anilines is 1. The predicted octanol–water partition coefficient (Wildman–Crippen LogP) is 0.557. The zero-order valence-electron chi connectivity index (χ0n) is 10.8. The average Bonchev–Trinajstić information content (AvgIpc) is 2.36. The molecule has 0 aliphatic carbocycles. The largest absolute Gasteiger partial charge is 0.354 e. The van der Waals surface area contributed by atoms with Crippen molar-refractivity contribution in [1.82, 2.24) is 15.3 Å². The van der Waals surface area contributed by atoms with Gasteiger partial charge in [0, 0.05) is 13.6 Å². The van der Waals surface area contributed by atoms with E-state index in [0.29, 0.717) is 18.3 Å². The lowest BCUT2D eigenvalue weighted by molar-refractivity contribution is -0.119. The van der Waals surface area contributed by atoms with Crippen LogP contribution in [0.4, 0.5) is 5.82 Å². The van der Waals surface area contributed by atoms with Gasteiger partial charge in [0.25, 0.3) is 0 Å². The zero-order valence-corrected chi connectivity index (χ0v) is 10.8. The minimum Gasteiger partial charge on any atom is -0.354 e. The fourth-order valence-electron chi connectivity index (χ4n) is 1.25. The van der Waals surface area contributed by atoms with Crippen LogP contribution < -0.4 is 10.2 Å². The van der Waals surface area contributed by atoms with E-state index in [1.807, 2.05) is 19.9 Å².